The Bertz CT molecular complexity index is 481. The van der Waals surface area contributed by atoms with Crippen molar-refractivity contribution in [3.8, 4) is 5.75 Å². The minimum atomic E-state index is -0.0696. The van der Waals surface area contributed by atoms with Crippen LogP contribution < -0.4 is 4.74 Å². The van der Waals surface area contributed by atoms with Gasteiger partial charge in [-0.25, -0.2) is 0 Å². The lowest BCUT2D eigenvalue weighted by molar-refractivity contribution is -0.283. The average Bonchev–Trinajstić information content (AvgIpc) is 3.24. The van der Waals surface area contributed by atoms with Gasteiger partial charge in [-0.3, -0.25) is 4.84 Å². The molecule has 0 spiro atoms. The van der Waals surface area contributed by atoms with Gasteiger partial charge in [0.25, 0.3) is 0 Å². The van der Waals surface area contributed by atoms with Gasteiger partial charge < -0.3 is 9.47 Å². The Morgan fingerprint density at radius 2 is 1.61 bits per heavy atom. The van der Waals surface area contributed by atoms with Gasteiger partial charge in [0, 0.05) is 11.1 Å². The molecule has 0 bridgehead atoms. The summed E-state index contributed by atoms with van der Waals surface area (Å²) in [6.45, 7) is 16.5. The molecule has 1 saturated heterocycles. The molecule has 4 nitrogen and oxygen atoms in total. The van der Waals surface area contributed by atoms with E-state index >= 15 is 0 Å². The predicted molar refractivity (Wildman–Crippen MR) is 92.5 cm³/mol. The highest BCUT2D eigenvalue weighted by Crippen LogP contribution is 2.30. The molecule has 130 valence electrons. The number of hydrogen-bond acceptors (Lipinski definition) is 4. The lowest BCUT2D eigenvalue weighted by atomic mass is 10.00. The Balaban J connectivity index is 1.99. The minimum absolute atomic E-state index is 0.0192. The Morgan fingerprint density at radius 1 is 1.09 bits per heavy atom. The van der Waals surface area contributed by atoms with E-state index in [1.165, 1.54) is 0 Å². The molecule has 1 aromatic rings. The van der Waals surface area contributed by atoms with Crippen LogP contribution in [0.25, 0.3) is 0 Å². The van der Waals surface area contributed by atoms with E-state index in [-0.39, 0.29) is 23.3 Å². The van der Waals surface area contributed by atoms with E-state index in [1.54, 1.807) is 0 Å². The third-order valence-electron chi connectivity index (χ3n) is 3.67. The molecule has 1 aliphatic rings. The maximum Gasteiger partial charge on any atom is 0.119 e. The number of hydrogen-bond donors (Lipinski definition) is 0. The molecule has 0 N–H and O–H groups in total. The molecule has 1 heterocycles. The first-order valence-corrected chi connectivity index (χ1v) is 8.39. The molecule has 0 saturated carbocycles. The molecule has 2 atom stereocenters. The second-order valence-corrected chi connectivity index (χ2v) is 8.22. The van der Waals surface area contributed by atoms with Crippen molar-refractivity contribution >= 4 is 0 Å². The number of nitrogens with zero attached hydrogens (tertiary/aromatic N) is 1. The van der Waals surface area contributed by atoms with E-state index in [0.717, 1.165) is 17.9 Å². The highest BCUT2D eigenvalue weighted by molar-refractivity contribution is 5.28. The van der Waals surface area contributed by atoms with Crippen molar-refractivity contribution in [1.29, 1.82) is 0 Å². The SMILES string of the molecule is CC(ON(C(C)(C)C)C(C)(C)C)c1ccc(OCC2CO2)cc1. The van der Waals surface area contributed by atoms with Gasteiger partial charge in [-0.05, 0) is 66.2 Å². The van der Waals surface area contributed by atoms with Crippen LogP contribution >= 0.6 is 0 Å². The van der Waals surface area contributed by atoms with Crippen molar-refractivity contribution in [3.63, 3.8) is 0 Å². The van der Waals surface area contributed by atoms with Gasteiger partial charge in [-0.2, -0.15) is 5.06 Å². The fourth-order valence-electron chi connectivity index (χ4n) is 2.73. The summed E-state index contributed by atoms with van der Waals surface area (Å²) in [5.74, 6) is 0.875. The average molecular weight is 321 g/mol. The fourth-order valence-corrected chi connectivity index (χ4v) is 2.73. The zero-order valence-electron chi connectivity index (χ0n) is 15.6. The molecule has 1 fully saturated rings. The summed E-state index contributed by atoms with van der Waals surface area (Å²) >= 11 is 0. The van der Waals surface area contributed by atoms with Crippen LogP contribution in [0.4, 0.5) is 0 Å². The van der Waals surface area contributed by atoms with E-state index in [2.05, 4.69) is 65.7 Å². The first kappa shape index (κ1) is 18.2. The molecule has 0 aromatic heterocycles. The first-order valence-electron chi connectivity index (χ1n) is 8.39. The van der Waals surface area contributed by atoms with Gasteiger partial charge >= 0.3 is 0 Å². The van der Waals surface area contributed by atoms with Crippen molar-refractivity contribution < 1.29 is 14.3 Å². The third-order valence-corrected chi connectivity index (χ3v) is 3.67. The van der Waals surface area contributed by atoms with Crippen LogP contribution in [-0.2, 0) is 9.57 Å². The standard InChI is InChI=1S/C19H31NO3/c1-14(23-20(18(2,3)4)19(5,6)7)15-8-10-16(11-9-15)21-12-17-13-22-17/h8-11,14,17H,12-13H2,1-7H3. The Kier molecular flexibility index (Phi) is 5.39. The van der Waals surface area contributed by atoms with Gasteiger partial charge in [0.1, 0.15) is 24.6 Å². The first-order chi connectivity index (χ1) is 10.6. The molecule has 0 amide bonds. The van der Waals surface area contributed by atoms with Gasteiger partial charge in [0.05, 0.1) is 6.61 Å². The smallest absolute Gasteiger partial charge is 0.119 e. The van der Waals surface area contributed by atoms with Gasteiger partial charge in [-0.15, -0.1) is 0 Å². The van der Waals surface area contributed by atoms with E-state index in [0.29, 0.717) is 6.61 Å². The minimum Gasteiger partial charge on any atom is -0.491 e. The number of epoxide rings is 1. The van der Waals surface area contributed by atoms with E-state index in [9.17, 15) is 0 Å². The van der Waals surface area contributed by atoms with Gasteiger partial charge in [-0.1, -0.05) is 12.1 Å². The lowest BCUT2D eigenvalue weighted by Crippen LogP contribution is -2.52. The number of ether oxygens (including phenoxy) is 2. The van der Waals surface area contributed by atoms with Crippen molar-refractivity contribution in [2.75, 3.05) is 13.2 Å². The molecule has 23 heavy (non-hydrogen) atoms. The van der Waals surface area contributed by atoms with Crippen LogP contribution in [0.2, 0.25) is 0 Å². The quantitative estimate of drug-likeness (QED) is 0.576. The largest absolute Gasteiger partial charge is 0.491 e. The van der Waals surface area contributed by atoms with Crippen molar-refractivity contribution in [1.82, 2.24) is 5.06 Å². The topological polar surface area (TPSA) is 34.2 Å². The fraction of sp³-hybridized carbons (Fsp3) is 0.684. The zero-order chi connectivity index (χ0) is 17.3. The predicted octanol–water partition coefficient (Wildman–Crippen LogP) is 4.36. The molecule has 4 heteroatoms. The molecular weight excluding hydrogens is 290 g/mol. The Morgan fingerprint density at radius 3 is 2.04 bits per heavy atom. The summed E-state index contributed by atoms with van der Waals surface area (Å²) in [5.41, 5.74) is 0.998. The summed E-state index contributed by atoms with van der Waals surface area (Å²) in [6.07, 6.45) is 0.262. The number of rotatable bonds is 6. The van der Waals surface area contributed by atoms with Crippen molar-refractivity contribution in [2.45, 2.75) is 71.8 Å². The molecule has 2 unspecified atom stereocenters. The second kappa shape index (κ2) is 6.80. The Hall–Kier alpha value is -1.10. The highest BCUT2D eigenvalue weighted by Gasteiger charge is 2.34. The normalized spacial score (nSPS) is 19.7. The van der Waals surface area contributed by atoms with E-state index < -0.39 is 0 Å². The summed E-state index contributed by atoms with van der Waals surface area (Å²) in [4.78, 5) is 6.29. The maximum absolute atomic E-state index is 6.29. The van der Waals surface area contributed by atoms with Crippen LogP contribution in [0.1, 0.15) is 60.1 Å². The third kappa shape index (κ3) is 5.48. The molecule has 2 rings (SSSR count). The number of hydroxylamine groups is 2. The van der Waals surface area contributed by atoms with Crippen LogP contribution in [0.15, 0.2) is 24.3 Å². The molecule has 1 aliphatic heterocycles. The molecule has 0 aliphatic carbocycles. The van der Waals surface area contributed by atoms with Crippen LogP contribution in [0, 0.1) is 0 Å². The van der Waals surface area contributed by atoms with Crippen LogP contribution in [-0.4, -0.2) is 35.5 Å². The van der Waals surface area contributed by atoms with Crippen LogP contribution in [0.3, 0.4) is 0 Å². The van der Waals surface area contributed by atoms with Crippen LogP contribution in [0.5, 0.6) is 5.75 Å². The van der Waals surface area contributed by atoms with E-state index in [4.69, 9.17) is 14.3 Å². The molecular formula is C19H31NO3. The summed E-state index contributed by atoms with van der Waals surface area (Å²) in [6, 6.07) is 8.13. The second-order valence-electron chi connectivity index (χ2n) is 8.22. The van der Waals surface area contributed by atoms with Crippen molar-refractivity contribution in [3.05, 3.63) is 29.8 Å². The summed E-state index contributed by atoms with van der Waals surface area (Å²) in [7, 11) is 0. The summed E-state index contributed by atoms with van der Waals surface area (Å²) < 4.78 is 10.8. The Labute approximate surface area is 140 Å². The molecule has 1 aromatic carbocycles. The molecule has 0 radical (unpaired) electrons. The van der Waals surface area contributed by atoms with Gasteiger partial charge in [0.2, 0.25) is 0 Å². The van der Waals surface area contributed by atoms with Gasteiger partial charge in [0.15, 0.2) is 0 Å². The lowest BCUT2D eigenvalue weighted by Gasteiger charge is -2.45. The van der Waals surface area contributed by atoms with Crippen molar-refractivity contribution in [2.24, 2.45) is 0 Å². The zero-order valence-corrected chi connectivity index (χ0v) is 15.6. The number of benzene rings is 1. The monoisotopic (exact) mass is 321 g/mol. The summed E-state index contributed by atoms with van der Waals surface area (Å²) in [5, 5.41) is 2.08. The van der Waals surface area contributed by atoms with E-state index in [1.807, 2.05) is 12.1 Å². The highest BCUT2D eigenvalue weighted by atomic mass is 16.7. The maximum atomic E-state index is 6.29.